The van der Waals surface area contributed by atoms with Crippen LogP contribution in [0.15, 0.2) is 24.5 Å². The Labute approximate surface area is 185 Å². The van der Waals surface area contributed by atoms with Crippen LogP contribution in [0.25, 0.3) is 11.3 Å². The molecule has 0 aromatic carbocycles. The quantitative estimate of drug-likeness (QED) is 0.606. The average Bonchev–Trinajstić information content (AvgIpc) is 3.43. The van der Waals surface area contributed by atoms with Gasteiger partial charge in [-0.3, -0.25) is 14.6 Å². The Kier molecular flexibility index (Phi) is 5.36. The first-order chi connectivity index (χ1) is 14.7. The Morgan fingerprint density at radius 3 is 2.61 bits per heavy atom. The van der Waals surface area contributed by atoms with Crippen LogP contribution in [0.2, 0.25) is 0 Å². The van der Waals surface area contributed by atoms with Crippen molar-refractivity contribution >= 4 is 11.8 Å². The van der Waals surface area contributed by atoms with Crippen molar-refractivity contribution in [1.29, 1.82) is 0 Å². The summed E-state index contributed by atoms with van der Waals surface area (Å²) >= 11 is 2.07. The first kappa shape index (κ1) is 21.3. The Morgan fingerprint density at radius 1 is 1.16 bits per heavy atom. The van der Waals surface area contributed by atoms with Crippen LogP contribution in [0.4, 0.5) is 13.2 Å². The smallest absolute Gasteiger partial charge is 0.300 e. The standard InChI is InChI=1S/C23H29F3N4S/c1-15(2)30-21(9-20(28-30)17-7-18(11-27-10-17)23(24,25)26)16-3-4-19(8-16)29-6-5-22(12-29)13-31-14-22/h7,9-11,15-16,19H,3-6,8,12-14H2,1-2H3. The summed E-state index contributed by atoms with van der Waals surface area (Å²) in [7, 11) is 0. The van der Waals surface area contributed by atoms with Gasteiger partial charge in [-0.2, -0.15) is 30.0 Å². The van der Waals surface area contributed by atoms with Gasteiger partial charge in [0.25, 0.3) is 0 Å². The minimum Gasteiger partial charge on any atom is -0.300 e. The molecule has 2 saturated heterocycles. The molecule has 1 saturated carbocycles. The van der Waals surface area contributed by atoms with Gasteiger partial charge in [0.15, 0.2) is 0 Å². The summed E-state index contributed by atoms with van der Waals surface area (Å²) in [4.78, 5) is 6.52. The number of alkyl halides is 3. The molecular weight excluding hydrogens is 421 g/mol. The summed E-state index contributed by atoms with van der Waals surface area (Å²) < 4.78 is 41.4. The molecule has 31 heavy (non-hydrogen) atoms. The molecule has 1 aliphatic carbocycles. The summed E-state index contributed by atoms with van der Waals surface area (Å²) in [5.74, 6) is 3.03. The lowest BCUT2D eigenvalue weighted by Crippen LogP contribution is -2.40. The summed E-state index contributed by atoms with van der Waals surface area (Å²) in [5.41, 5.74) is 2.00. The minimum absolute atomic E-state index is 0.156. The van der Waals surface area contributed by atoms with E-state index in [0.717, 1.165) is 30.8 Å². The Hall–Kier alpha value is -1.54. The van der Waals surface area contributed by atoms with Gasteiger partial charge in [-0.25, -0.2) is 0 Å². The van der Waals surface area contributed by atoms with E-state index in [-0.39, 0.29) is 6.04 Å². The predicted molar refractivity (Wildman–Crippen MR) is 117 cm³/mol. The normalized spacial score (nSPS) is 26.1. The highest BCUT2D eigenvalue weighted by atomic mass is 32.2. The van der Waals surface area contributed by atoms with Crippen LogP contribution >= 0.6 is 11.8 Å². The molecule has 1 spiro atoms. The van der Waals surface area contributed by atoms with Gasteiger partial charge in [-0.15, -0.1) is 0 Å². The molecule has 2 aromatic rings. The Bertz CT molecular complexity index is 951. The summed E-state index contributed by atoms with van der Waals surface area (Å²) in [5, 5.41) is 4.71. The number of pyridine rings is 1. The molecular formula is C23H29F3N4S. The molecule has 3 aliphatic rings. The van der Waals surface area contributed by atoms with Crippen molar-refractivity contribution in [2.24, 2.45) is 5.41 Å². The van der Waals surface area contributed by atoms with Crippen molar-refractivity contribution < 1.29 is 13.2 Å². The first-order valence-electron chi connectivity index (χ1n) is 11.2. The van der Waals surface area contributed by atoms with E-state index in [1.807, 2.05) is 10.7 Å². The zero-order valence-electron chi connectivity index (χ0n) is 18.0. The largest absolute Gasteiger partial charge is 0.417 e. The topological polar surface area (TPSA) is 34.0 Å². The fourth-order valence-electron chi connectivity index (χ4n) is 5.47. The third-order valence-electron chi connectivity index (χ3n) is 7.24. The fourth-order valence-corrected chi connectivity index (χ4v) is 6.72. The average molecular weight is 451 g/mol. The number of likely N-dealkylation sites (tertiary alicyclic amines) is 1. The lowest BCUT2D eigenvalue weighted by atomic mass is 9.91. The molecule has 0 radical (unpaired) electrons. The van der Waals surface area contributed by atoms with Crippen LogP contribution in [0.3, 0.4) is 0 Å². The second kappa shape index (κ2) is 7.80. The third kappa shape index (κ3) is 4.01. The van der Waals surface area contributed by atoms with Gasteiger partial charge < -0.3 is 0 Å². The molecule has 2 unspecified atom stereocenters. The van der Waals surface area contributed by atoms with Crippen molar-refractivity contribution in [3.05, 3.63) is 35.8 Å². The SMILES string of the molecule is CC(C)n1nc(-c2cncc(C(F)(F)F)c2)cc1C1CCC(N2CCC3(CSC3)C2)C1. The van der Waals surface area contributed by atoms with Crippen LogP contribution in [-0.4, -0.2) is 50.3 Å². The van der Waals surface area contributed by atoms with Gasteiger partial charge >= 0.3 is 6.18 Å². The number of halogens is 3. The maximum absolute atomic E-state index is 13.1. The second-order valence-electron chi connectivity index (χ2n) is 9.83. The summed E-state index contributed by atoms with van der Waals surface area (Å²) in [6.07, 6.45) is 2.69. The van der Waals surface area contributed by atoms with Gasteiger partial charge in [0.2, 0.25) is 0 Å². The molecule has 3 fully saturated rings. The molecule has 0 N–H and O–H groups in total. The zero-order chi connectivity index (χ0) is 21.8. The third-order valence-corrected chi connectivity index (χ3v) is 8.87. The monoisotopic (exact) mass is 450 g/mol. The van der Waals surface area contributed by atoms with E-state index in [0.29, 0.717) is 28.6 Å². The minimum atomic E-state index is -4.41. The molecule has 0 amide bonds. The molecule has 168 valence electrons. The maximum Gasteiger partial charge on any atom is 0.417 e. The molecule has 4 heterocycles. The first-order valence-corrected chi connectivity index (χ1v) is 12.3. The van der Waals surface area contributed by atoms with Gasteiger partial charge in [-0.05, 0) is 58.2 Å². The van der Waals surface area contributed by atoms with Crippen LogP contribution in [0, 0.1) is 5.41 Å². The lowest BCUT2D eigenvalue weighted by molar-refractivity contribution is -0.137. The predicted octanol–water partition coefficient (Wildman–Crippen LogP) is 5.62. The van der Waals surface area contributed by atoms with Gasteiger partial charge in [-0.1, -0.05) is 0 Å². The molecule has 0 bridgehead atoms. The van der Waals surface area contributed by atoms with E-state index >= 15 is 0 Å². The number of aromatic nitrogens is 3. The molecule has 2 aromatic heterocycles. The number of hydrogen-bond acceptors (Lipinski definition) is 4. The van der Waals surface area contributed by atoms with Crippen LogP contribution in [-0.2, 0) is 6.18 Å². The summed E-state index contributed by atoms with van der Waals surface area (Å²) in [6, 6.07) is 3.92. The van der Waals surface area contributed by atoms with Crippen molar-refractivity contribution in [2.75, 3.05) is 24.6 Å². The van der Waals surface area contributed by atoms with Crippen molar-refractivity contribution in [2.45, 2.75) is 63.7 Å². The van der Waals surface area contributed by atoms with Crippen molar-refractivity contribution in [3.8, 4) is 11.3 Å². The van der Waals surface area contributed by atoms with Gasteiger partial charge in [0.1, 0.15) is 0 Å². The number of thioether (sulfide) groups is 1. The van der Waals surface area contributed by atoms with E-state index < -0.39 is 11.7 Å². The van der Waals surface area contributed by atoms with Gasteiger partial charge in [0, 0.05) is 65.1 Å². The molecule has 8 heteroatoms. The molecule has 2 atom stereocenters. The van der Waals surface area contributed by atoms with Crippen molar-refractivity contribution in [1.82, 2.24) is 19.7 Å². The maximum atomic E-state index is 13.1. The highest BCUT2D eigenvalue weighted by molar-refractivity contribution is 8.00. The van der Waals surface area contributed by atoms with E-state index in [2.05, 4.69) is 35.5 Å². The number of hydrogen-bond donors (Lipinski definition) is 0. The van der Waals surface area contributed by atoms with Gasteiger partial charge in [0.05, 0.1) is 11.3 Å². The molecule has 2 aliphatic heterocycles. The number of rotatable bonds is 4. The van der Waals surface area contributed by atoms with E-state index in [9.17, 15) is 13.2 Å². The Balaban J connectivity index is 1.37. The van der Waals surface area contributed by atoms with Crippen LogP contribution in [0.5, 0.6) is 0 Å². The summed E-state index contributed by atoms with van der Waals surface area (Å²) in [6.45, 7) is 6.61. The Morgan fingerprint density at radius 2 is 1.97 bits per heavy atom. The van der Waals surface area contributed by atoms with Crippen LogP contribution < -0.4 is 0 Å². The van der Waals surface area contributed by atoms with E-state index in [1.54, 1.807) is 0 Å². The van der Waals surface area contributed by atoms with E-state index in [4.69, 9.17) is 5.10 Å². The number of nitrogens with zero attached hydrogens (tertiary/aromatic N) is 4. The molecule has 4 nitrogen and oxygen atoms in total. The van der Waals surface area contributed by atoms with Crippen LogP contribution in [0.1, 0.15) is 62.7 Å². The van der Waals surface area contributed by atoms with E-state index in [1.165, 1.54) is 43.6 Å². The highest BCUT2D eigenvalue weighted by Crippen LogP contribution is 2.48. The van der Waals surface area contributed by atoms with Crippen molar-refractivity contribution in [3.63, 3.8) is 0 Å². The second-order valence-corrected chi connectivity index (χ2v) is 10.8. The lowest BCUT2D eigenvalue weighted by Gasteiger charge is -2.38. The highest BCUT2D eigenvalue weighted by Gasteiger charge is 2.46. The fraction of sp³-hybridized carbons (Fsp3) is 0.652. The zero-order valence-corrected chi connectivity index (χ0v) is 18.8. The molecule has 5 rings (SSSR count).